The highest BCUT2D eigenvalue weighted by molar-refractivity contribution is 6.31. The molecule has 0 heterocycles. The minimum Gasteiger partial charge on any atom is -0.489 e. The van der Waals surface area contributed by atoms with Crippen molar-refractivity contribution >= 4 is 23.4 Å². The van der Waals surface area contributed by atoms with Crippen molar-refractivity contribution in [3.8, 4) is 5.75 Å². The summed E-state index contributed by atoms with van der Waals surface area (Å²) >= 11 is 6.01. The molecule has 3 aromatic carbocycles. The Kier molecular flexibility index (Phi) is 6.29. The number of hydrogen-bond donors (Lipinski definition) is 1. The monoisotopic (exact) mass is 394 g/mol. The van der Waals surface area contributed by atoms with Crippen molar-refractivity contribution in [2.24, 2.45) is 10.9 Å². The highest BCUT2D eigenvalue weighted by Gasteiger charge is 2.08. The number of rotatable bonds is 6. The van der Waals surface area contributed by atoms with Gasteiger partial charge in [0, 0.05) is 10.6 Å². The molecule has 0 amide bonds. The van der Waals surface area contributed by atoms with E-state index in [0.29, 0.717) is 22.8 Å². The van der Waals surface area contributed by atoms with Crippen LogP contribution < -0.4 is 10.5 Å². The number of hydrogen-bond acceptors (Lipinski definition) is 4. The highest BCUT2D eigenvalue weighted by Crippen LogP contribution is 2.22. The van der Waals surface area contributed by atoms with Crippen LogP contribution in [0.4, 0.5) is 0 Å². The van der Waals surface area contributed by atoms with Crippen LogP contribution in [0.1, 0.15) is 27.0 Å². The Hall–Kier alpha value is -3.31. The van der Waals surface area contributed by atoms with E-state index in [1.165, 1.54) is 0 Å². The zero-order valence-electron chi connectivity index (χ0n) is 15.3. The van der Waals surface area contributed by atoms with Gasteiger partial charge in [-0.1, -0.05) is 59.2 Å². The largest absolute Gasteiger partial charge is 0.489 e. The summed E-state index contributed by atoms with van der Waals surface area (Å²) in [5.74, 6) is 0.285. The lowest BCUT2D eigenvalue weighted by atomic mass is 10.1. The maximum absolute atomic E-state index is 12.1. The third kappa shape index (κ3) is 5.11. The Morgan fingerprint density at radius 3 is 2.39 bits per heavy atom. The fourth-order valence-corrected chi connectivity index (χ4v) is 2.53. The molecule has 0 saturated carbocycles. The average molecular weight is 395 g/mol. The summed E-state index contributed by atoms with van der Waals surface area (Å²) in [6.07, 6.45) is 0. The van der Waals surface area contributed by atoms with Crippen LogP contribution in [0.25, 0.3) is 0 Å². The van der Waals surface area contributed by atoms with Crippen molar-refractivity contribution in [3.05, 3.63) is 100 Å². The number of carbonyl (C=O) groups is 1. The molecule has 6 heteroatoms. The third-order valence-electron chi connectivity index (χ3n) is 4.02. The fourth-order valence-electron chi connectivity index (χ4n) is 2.42. The predicted octanol–water partition coefficient (Wildman–Crippen LogP) is 4.70. The van der Waals surface area contributed by atoms with Gasteiger partial charge in [0.2, 0.25) is 0 Å². The second-order valence-corrected chi connectivity index (χ2v) is 6.53. The average Bonchev–Trinajstić information content (AvgIpc) is 2.73. The van der Waals surface area contributed by atoms with E-state index >= 15 is 0 Å². The number of carbonyl (C=O) groups excluding carboxylic acids is 1. The summed E-state index contributed by atoms with van der Waals surface area (Å²) in [7, 11) is 0. The summed E-state index contributed by atoms with van der Waals surface area (Å²) in [5, 5.41) is 4.39. The van der Waals surface area contributed by atoms with Crippen molar-refractivity contribution in [3.63, 3.8) is 0 Å². The van der Waals surface area contributed by atoms with E-state index in [1.807, 2.05) is 37.3 Å². The van der Waals surface area contributed by atoms with Gasteiger partial charge in [-0.25, -0.2) is 4.79 Å². The van der Waals surface area contributed by atoms with Gasteiger partial charge in [-0.2, -0.15) is 0 Å². The second kappa shape index (κ2) is 9.06. The Labute approximate surface area is 168 Å². The van der Waals surface area contributed by atoms with Crippen LogP contribution in [-0.4, -0.2) is 11.8 Å². The van der Waals surface area contributed by atoms with Crippen molar-refractivity contribution in [1.82, 2.24) is 0 Å². The van der Waals surface area contributed by atoms with Crippen LogP contribution in [0.5, 0.6) is 5.75 Å². The SMILES string of the molecule is Cc1cc(OCc2ccc(C(=O)O/N=C(\N)c3ccccc3)cc2)ccc1Cl. The van der Waals surface area contributed by atoms with Crippen molar-refractivity contribution in [1.29, 1.82) is 0 Å². The van der Waals surface area contributed by atoms with Crippen LogP contribution in [-0.2, 0) is 11.4 Å². The first-order valence-electron chi connectivity index (χ1n) is 8.61. The second-order valence-electron chi connectivity index (χ2n) is 6.12. The molecular formula is C22H19ClN2O3. The van der Waals surface area contributed by atoms with Crippen LogP contribution in [0.15, 0.2) is 78.0 Å². The molecule has 142 valence electrons. The number of ether oxygens (including phenoxy) is 1. The van der Waals surface area contributed by atoms with Crippen molar-refractivity contribution in [2.45, 2.75) is 13.5 Å². The first-order valence-corrected chi connectivity index (χ1v) is 8.99. The number of amidine groups is 1. The van der Waals surface area contributed by atoms with Gasteiger partial charge >= 0.3 is 5.97 Å². The predicted molar refractivity (Wildman–Crippen MR) is 110 cm³/mol. The Balaban J connectivity index is 1.57. The van der Waals surface area contributed by atoms with Gasteiger partial charge < -0.3 is 15.3 Å². The standard InChI is InChI=1S/C22H19ClN2O3/c1-15-13-19(11-12-20(15)23)27-14-16-7-9-18(10-8-16)22(26)28-25-21(24)17-5-3-2-4-6-17/h2-13H,14H2,1H3,(H2,24,25). The summed E-state index contributed by atoms with van der Waals surface area (Å²) in [6.45, 7) is 2.29. The van der Waals surface area contributed by atoms with Gasteiger partial charge in [0.05, 0.1) is 5.56 Å². The lowest BCUT2D eigenvalue weighted by Crippen LogP contribution is -2.15. The number of oxime groups is 1. The topological polar surface area (TPSA) is 73.9 Å². The number of nitrogens with zero attached hydrogens (tertiary/aromatic N) is 1. The molecule has 5 nitrogen and oxygen atoms in total. The van der Waals surface area contributed by atoms with E-state index in [1.54, 1.807) is 42.5 Å². The summed E-state index contributed by atoms with van der Waals surface area (Å²) < 4.78 is 5.74. The molecule has 28 heavy (non-hydrogen) atoms. The molecule has 0 aliphatic carbocycles. The maximum atomic E-state index is 12.1. The summed E-state index contributed by atoms with van der Waals surface area (Å²) in [5.41, 5.74) is 8.72. The molecule has 3 rings (SSSR count). The Bertz CT molecular complexity index is 986. The molecule has 0 saturated heterocycles. The number of nitrogens with two attached hydrogens (primary N) is 1. The molecule has 0 fully saturated rings. The third-order valence-corrected chi connectivity index (χ3v) is 4.45. The molecule has 0 aliphatic rings. The molecule has 3 aromatic rings. The summed E-state index contributed by atoms with van der Waals surface area (Å²) in [4.78, 5) is 17.0. The normalized spacial score (nSPS) is 11.1. The summed E-state index contributed by atoms with van der Waals surface area (Å²) in [6, 6.07) is 21.5. The molecule has 0 atom stereocenters. The van der Waals surface area contributed by atoms with Crippen LogP contribution in [0.2, 0.25) is 5.02 Å². The first-order chi connectivity index (χ1) is 13.5. The van der Waals surface area contributed by atoms with Gasteiger partial charge in [-0.05, 0) is 48.4 Å². The van der Waals surface area contributed by atoms with Gasteiger partial charge in [0.1, 0.15) is 12.4 Å². The maximum Gasteiger partial charge on any atom is 0.365 e. The Morgan fingerprint density at radius 2 is 1.71 bits per heavy atom. The van der Waals surface area contributed by atoms with Crippen LogP contribution in [0, 0.1) is 6.92 Å². The smallest absolute Gasteiger partial charge is 0.365 e. The molecule has 0 bridgehead atoms. The zero-order valence-corrected chi connectivity index (χ0v) is 16.0. The van der Waals surface area contributed by atoms with Gasteiger partial charge in [0.15, 0.2) is 5.84 Å². The molecule has 2 N–H and O–H groups in total. The Morgan fingerprint density at radius 1 is 1.00 bits per heavy atom. The van der Waals surface area contributed by atoms with Crippen LogP contribution in [0.3, 0.4) is 0 Å². The van der Waals surface area contributed by atoms with Crippen molar-refractivity contribution in [2.75, 3.05) is 0 Å². The van der Waals surface area contributed by atoms with Gasteiger partial charge in [-0.15, -0.1) is 0 Å². The van der Waals surface area contributed by atoms with E-state index < -0.39 is 5.97 Å². The number of halogens is 1. The number of benzene rings is 3. The van der Waals surface area contributed by atoms with E-state index in [2.05, 4.69) is 5.16 Å². The van der Waals surface area contributed by atoms with E-state index in [4.69, 9.17) is 26.9 Å². The molecule has 0 radical (unpaired) electrons. The molecular weight excluding hydrogens is 376 g/mol. The molecule has 0 unspecified atom stereocenters. The lowest BCUT2D eigenvalue weighted by Gasteiger charge is -2.08. The quantitative estimate of drug-likeness (QED) is 0.284. The van der Waals surface area contributed by atoms with E-state index in [9.17, 15) is 4.79 Å². The molecule has 0 aliphatic heterocycles. The lowest BCUT2D eigenvalue weighted by molar-refractivity contribution is 0.0516. The van der Waals surface area contributed by atoms with Crippen molar-refractivity contribution < 1.29 is 14.4 Å². The van der Waals surface area contributed by atoms with E-state index in [0.717, 1.165) is 16.9 Å². The first kappa shape index (κ1) is 19.5. The number of aryl methyl sites for hydroxylation is 1. The van der Waals surface area contributed by atoms with E-state index in [-0.39, 0.29) is 5.84 Å². The molecule has 0 spiro atoms. The van der Waals surface area contributed by atoms with Crippen LogP contribution >= 0.6 is 11.6 Å². The molecule has 0 aromatic heterocycles. The minimum atomic E-state index is -0.584. The minimum absolute atomic E-state index is 0.136. The highest BCUT2D eigenvalue weighted by atomic mass is 35.5. The zero-order chi connectivity index (χ0) is 19.9. The van der Waals surface area contributed by atoms with Gasteiger partial charge in [0.25, 0.3) is 0 Å². The van der Waals surface area contributed by atoms with Gasteiger partial charge in [-0.3, -0.25) is 0 Å². The fraction of sp³-hybridized carbons (Fsp3) is 0.0909.